The number of aromatic nitrogens is 3. The Balaban J connectivity index is 1.68. The Morgan fingerprint density at radius 2 is 1.60 bits per heavy atom. The fraction of sp³-hybridized carbons (Fsp3) is 0.586. The van der Waals surface area contributed by atoms with Crippen LogP contribution in [0.2, 0.25) is 0 Å². The molecule has 5 atom stereocenters. The summed E-state index contributed by atoms with van der Waals surface area (Å²) in [4.78, 5) is 48.3. The van der Waals surface area contributed by atoms with Gasteiger partial charge in [-0.1, -0.05) is 42.3 Å². The Kier molecular flexibility index (Phi) is 11.0. The average Bonchev–Trinajstić information content (AvgIpc) is 3.59. The van der Waals surface area contributed by atoms with Gasteiger partial charge in [-0.2, -0.15) is 0 Å². The Morgan fingerprint density at radius 3 is 2.21 bits per heavy atom. The minimum absolute atomic E-state index is 0.131. The Hall–Kier alpha value is -3.65. The van der Waals surface area contributed by atoms with E-state index in [1.165, 1.54) is 39.5 Å². The van der Waals surface area contributed by atoms with E-state index >= 15 is 0 Å². The van der Waals surface area contributed by atoms with Crippen LogP contribution in [-0.4, -0.2) is 75.0 Å². The molecule has 1 aliphatic heterocycles. The summed E-state index contributed by atoms with van der Waals surface area (Å²) in [7, 11) is 0. The van der Waals surface area contributed by atoms with E-state index in [1.54, 1.807) is 0 Å². The van der Waals surface area contributed by atoms with Gasteiger partial charge in [0.1, 0.15) is 36.5 Å². The first-order chi connectivity index (χ1) is 20.5. The molecule has 1 amide bonds. The van der Waals surface area contributed by atoms with Crippen molar-refractivity contribution in [1.29, 1.82) is 0 Å². The van der Waals surface area contributed by atoms with Crippen molar-refractivity contribution in [3.8, 4) is 5.75 Å². The van der Waals surface area contributed by atoms with E-state index in [4.69, 9.17) is 23.7 Å². The van der Waals surface area contributed by atoms with E-state index in [-0.39, 0.29) is 19.3 Å². The Morgan fingerprint density at radius 1 is 0.953 bits per heavy atom. The number of amides is 1. The third-order valence-electron chi connectivity index (χ3n) is 7.11. The number of benzene rings is 1. The van der Waals surface area contributed by atoms with Crippen LogP contribution in [0, 0.1) is 6.92 Å². The van der Waals surface area contributed by atoms with Crippen LogP contribution in [0.3, 0.4) is 0 Å². The number of esters is 3. The monoisotopic (exact) mass is 618 g/mol. The zero-order valence-electron chi connectivity index (χ0n) is 24.9. The molecular weight excluding hydrogens is 580 g/mol. The molecule has 43 heavy (non-hydrogen) atoms. The van der Waals surface area contributed by atoms with E-state index in [2.05, 4.69) is 15.5 Å². The maximum Gasteiger partial charge on any atom is 0.303 e. The summed E-state index contributed by atoms with van der Waals surface area (Å²) in [6.07, 6.45) is 0.662. The molecule has 1 aliphatic carbocycles. The van der Waals surface area contributed by atoms with Crippen LogP contribution >= 0.6 is 11.8 Å². The van der Waals surface area contributed by atoms with Gasteiger partial charge >= 0.3 is 17.9 Å². The number of carbonyl (C=O) groups excluding carboxylic acids is 4. The van der Waals surface area contributed by atoms with Gasteiger partial charge in [-0.15, -0.1) is 10.2 Å². The van der Waals surface area contributed by atoms with Gasteiger partial charge in [0.2, 0.25) is 5.91 Å². The summed E-state index contributed by atoms with van der Waals surface area (Å²) in [5.74, 6) is -0.962. The molecule has 13 nitrogen and oxygen atoms in total. The molecule has 0 bridgehead atoms. The maximum absolute atomic E-state index is 12.3. The van der Waals surface area contributed by atoms with Crippen molar-refractivity contribution in [1.82, 2.24) is 20.1 Å². The average molecular weight is 619 g/mol. The van der Waals surface area contributed by atoms with Crippen LogP contribution in [0.5, 0.6) is 5.75 Å². The molecule has 1 saturated carbocycles. The van der Waals surface area contributed by atoms with Gasteiger partial charge in [0.25, 0.3) is 0 Å². The molecule has 0 spiro atoms. The fourth-order valence-corrected chi connectivity index (χ4v) is 6.52. The highest BCUT2D eigenvalue weighted by molar-refractivity contribution is 7.99. The molecule has 2 aliphatic rings. The number of thioether (sulfide) groups is 1. The summed E-state index contributed by atoms with van der Waals surface area (Å²) < 4.78 is 30.8. The second-order valence-corrected chi connectivity index (χ2v) is 11.7. The van der Waals surface area contributed by atoms with Crippen LogP contribution in [0.4, 0.5) is 0 Å². The largest absolute Gasteiger partial charge is 0.486 e. The molecule has 1 saturated heterocycles. The summed E-state index contributed by atoms with van der Waals surface area (Å²) in [5, 5.41) is 12.2. The number of ether oxygens (including phenoxy) is 5. The molecule has 234 valence electrons. The van der Waals surface area contributed by atoms with Crippen molar-refractivity contribution in [2.75, 3.05) is 6.61 Å². The second kappa shape index (κ2) is 14.7. The van der Waals surface area contributed by atoms with Gasteiger partial charge < -0.3 is 29.0 Å². The molecule has 1 aromatic carbocycles. The van der Waals surface area contributed by atoms with Crippen LogP contribution in [0.25, 0.3) is 0 Å². The van der Waals surface area contributed by atoms with Gasteiger partial charge in [-0.25, -0.2) is 0 Å². The van der Waals surface area contributed by atoms with E-state index in [0.29, 0.717) is 16.7 Å². The lowest BCUT2D eigenvalue weighted by molar-refractivity contribution is -0.211. The van der Waals surface area contributed by atoms with Crippen LogP contribution in [0.15, 0.2) is 29.4 Å². The van der Waals surface area contributed by atoms with Crippen LogP contribution < -0.4 is 10.1 Å². The van der Waals surface area contributed by atoms with Crippen molar-refractivity contribution in [2.24, 2.45) is 0 Å². The lowest BCUT2D eigenvalue weighted by Crippen LogP contribution is -2.65. The van der Waals surface area contributed by atoms with Crippen LogP contribution in [0.1, 0.15) is 70.8 Å². The predicted molar refractivity (Wildman–Crippen MR) is 153 cm³/mol. The van der Waals surface area contributed by atoms with Gasteiger partial charge in [-0.3, -0.25) is 23.7 Å². The zero-order chi connectivity index (χ0) is 31.1. The third kappa shape index (κ3) is 8.69. The van der Waals surface area contributed by atoms with Gasteiger partial charge in [0, 0.05) is 33.7 Å². The summed E-state index contributed by atoms with van der Waals surface area (Å²) in [5.41, 5.74) is 0.229. The number of nitrogens with one attached hydrogen (secondary N) is 1. The SMILES string of the molecule is CC(=O)N[C@H]1[C@H](OC(C)=O)[C@@H](OC(C)=O)[C@@H](COC(C)=O)O[C@H]1Sc1nnc(COc2ccc(C)cc2)n1C1CCCC1. The first kappa shape index (κ1) is 32.3. The molecule has 0 radical (unpaired) electrons. The highest BCUT2D eigenvalue weighted by Crippen LogP contribution is 2.39. The molecule has 1 N–H and O–H groups in total. The number of carbonyl (C=O) groups is 4. The molecular formula is C29H38N4O9S. The molecule has 1 aromatic heterocycles. The van der Waals surface area contributed by atoms with Crippen LogP contribution in [-0.2, 0) is 44.7 Å². The van der Waals surface area contributed by atoms with Crippen molar-refractivity contribution in [2.45, 2.75) is 108 Å². The molecule has 2 fully saturated rings. The zero-order valence-corrected chi connectivity index (χ0v) is 25.8. The molecule has 2 aromatic rings. The Bertz CT molecular complexity index is 1300. The van der Waals surface area contributed by atoms with Gasteiger partial charge in [0.15, 0.2) is 23.2 Å². The number of aryl methyl sites for hydroxylation is 1. The number of nitrogens with zero attached hydrogens (tertiary/aromatic N) is 3. The van der Waals surface area contributed by atoms with Crippen molar-refractivity contribution < 1.29 is 42.9 Å². The number of hydrogen-bond donors (Lipinski definition) is 1. The molecule has 14 heteroatoms. The number of rotatable bonds is 11. The summed E-state index contributed by atoms with van der Waals surface area (Å²) in [6.45, 7) is 6.89. The smallest absolute Gasteiger partial charge is 0.303 e. The first-order valence-electron chi connectivity index (χ1n) is 14.2. The molecule has 0 unspecified atom stereocenters. The lowest BCUT2D eigenvalue weighted by atomic mass is 9.97. The minimum Gasteiger partial charge on any atom is -0.486 e. The van der Waals surface area contributed by atoms with E-state index in [9.17, 15) is 19.2 Å². The van der Waals surface area contributed by atoms with Crippen molar-refractivity contribution in [3.05, 3.63) is 35.7 Å². The summed E-state index contributed by atoms with van der Waals surface area (Å²) in [6, 6.07) is 6.91. The highest BCUT2D eigenvalue weighted by Gasteiger charge is 2.51. The van der Waals surface area contributed by atoms with E-state index < -0.39 is 53.6 Å². The van der Waals surface area contributed by atoms with Crippen molar-refractivity contribution in [3.63, 3.8) is 0 Å². The first-order valence-corrected chi connectivity index (χ1v) is 15.1. The third-order valence-corrected chi connectivity index (χ3v) is 8.23. The Labute approximate surface area is 254 Å². The van der Waals surface area contributed by atoms with E-state index in [0.717, 1.165) is 31.2 Å². The van der Waals surface area contributed by atoms with Crippen molar-refractivity contribution >= 4 is 35.6 Å². The quantitative estimate of drug-likeness (QED) is 0.290. The fourth-order valence-electron chi connectivity index (χ4n) is 5.29. The molecule has 4 rings (SSSR count). The normalized spacial score (nSPS) is 23.8. The molecule has 2 heterocycles. The van der Waals surface area contributed by atoms with Gasteiger partial charge in [0.05, 0.1) is 0 Å². The minimum atomic E-state index is -1.17. The standard InChI is InChI=1S/C29H38N4O9S/c1-16-10-12-22(13-11-16)39-15-24-31-32-29(33(24)21-8-6-7-9-21)43-28-25(30-17(2)34)27(41-20(5)37)26(40-19(4)36)23(42-28)14-38-18(3)35/h10-13,21,23,25-28H,6-9,14-15H2,1-5H3,(H,30,34)/t23-,25+,26+,27+,28+/m1/s1. The maximum atomic E-state index is 12.3. The number of hydrogen-bond acceptors (Lipinski definition) is 12. The van der Waals surface area contributed by atoms with Gasteiger partial charge in [-0.05, 0) is 31.9 Å². The van der Waals surface area contributed by atoms with E-state index in [1.807, 2.05) is 35.8 Å². The topological polar surface area (TPSA) is 157 Å². The lowest BCUT2D eigenvalue weighted by Gasteiger charge is -2.44. The second-order valence-electron chi connectivity index (χ2n) is 10.6. The predicted octanol–water partition coefficient (Wildman–Crippen LogP) is 3.03. The summed E-state index contributed by atoms with van der Waals surface area (Å²) >= 11 is 1.19. The highest BCUT2D eigenvalue weighted by atomic mass is 32.2.